The molecule has 4 aromatic rings. The number of carbonyl (C=O) groups excluding carboxylic acids is 2. The Morgan fingerprint density at radius 1 is 1.06 bits per heavy atom. The van der Waals surface area contributed by atoms with Gasteiger partial charge in [0.15, 0.2) is 5.78 Å². The number of nitrogens with one attached hydrogen (secondary N) is 2. The van der Waals surface area contributed by atoms with E-state index in [1.807, 2.05) is 36.4 Å². The molecule has 0 unspecified atom stereocenters. The Labute approximate surface area is 198 Å². The summed E-state index contributed by atoms with van der Waals surface area (Å²) in [4.78, 5) is 29.0. The Bertz CT molecular complexity index is 1430. The van der Waals surface area contributed by atoms with Gasteiger partial charge in [0.25, 0.3) is 0 Å². The maximum atomic E-state index is 12.8. The standard InChI is InChI=1S/C29H26N2O3/c1-2-3-6-21-18(12-16-26(33)19-9-13-20(32)14-10-19)11-15-25-28(21)29-23(17-27(34)30-25)22-7-4-5-8-24(22)31-29/h4-5,7-16,31-32H,2-3,6,17H2,1H3,(H,30,34)/b16-12+. The quantitative estimate of drug-likeness (QED) is 0.239. The van der Waals surface area contributed by atoms with Gasteiger partial charge in [0.05, 0.1) is 17.8 Å². The molecule has 5 rings (SSSR count). The number of carbonyl (C=O) groups is 2. The number of phenolic OH excluding ortho intramolecular Hbond substituents is 1. The van der Waals surface area contributed by atoms with E-state index in [0.29, 0.717) is 12.0 Å². The average Bonchev–Trinajstić information content (AvgIpc) is 3.12. The summed E-state index contributed by atoms with van der Waals surface area (Å²) in [5.41, 5.74) is 7.38. The van der Waals surface area contributed by atoms with Gasteiger partial charge in [-0.2, -0.15) is 0 Å². The summed E-state index contributed by atoms with van der Waals surface area (Å²) in [5.74, 6) is -0.0303. The molecule has 3 aromatic carbocycles. The molecule has 170 valence electrons. The van der Waals surface area contributed by atoms with Crippen LogP contribution in [0.1, 0.15) is 46.8 Å². The van der Waals surface area contributed by atoms with E-state index in [1.54, 1.807) is 18.2 Å². The largest absolute Gasteiger partial charge is 0.508 e. The summed E-state index contributed by atoms with van der Waals surface area (Å²) < 4.78 is 0. The Hall–Kier alpha value is -4.12. The van der Waals surface area contributed by atoms with Crippen LogP contribution in [-0.2, 0) is 17.6 Å². The second-order valence-corrected chi connectivity index (χ2v) is 8.65. The van der Waals surface area contributed by atoms with Gasteiger partial charge in [0, 0.05) is 22.0 Å². The van der Waals surface area contributed by atoms with Gasteiger partial charge in [-0.25, -0.2) is 0 Å². The number of fused-ring (bicyclic) bond motifs is 5. The first-order chi connectivity index (χ1) is 16.5. The van der Waals surface area contributed by atoms with E-state index in [9.17, 15) is 14.7 Å². The maximum absolute atomic E-state index is 12.8. The molecule has 0 aliphatic carbocycles. The van der Waals surface area contributed by atoms with E-state index in [-0.39, 0.29) is 17.4 Å². The molecule has 0 saturated carbocycles. The minimum absolute atomic E-state index is 0.0306. The fraction of sp³-hybridized carbons (Fsp3) is 0.172. The Kier molecular flexibility index (Phi) is 5.76. The molecule has 34 heavy (non-hydrogen) atoms. The third-order valence-electron chi connectivity index (χ3n) is 6.37. The molecular formula is C29H26N2O3. The molecule has 2 heterocycles. The number of hydrogen-bond acceptors (Lipinski definition) is 3. The lowest BCUT2D eigenvalue weighted by molar-refractivity contribution is -0.115. The number of unbranched alkanes of at least 4 members (excludes halogenated alkanes) is 1. The fourth-order valence-corrected chi connectivity index (χ4v) is 4.67. The lowest BCUT2D eigenvalue weighted by Gasteiger charge is -2.16. The molecule has 0 atom stereocenters. The zero-order chi connectivity index (χ0) is 23.7. The molecule has 0 spiro atoms. The summed E-state index contributed by atoms with van der Waals surface area (Å²) in [5, 5.41) is 13.6. The molecule has 1 aliphatic rings. The van der Waals surface area contributed by atoms with Crippen molar-refractivity contribution in [3.8, 4) is 17.0 Å². The lowest BCUT2D eigenvalue weighted by atomic mass is 9.91. The van der Waals surface area contributed by atoms with E-state index in [0.717, 1.165) is 63.8 Å². The molecule has 1 amide bonds. The van der Waals surface area contributed by atoms with Gasteiger partial charge in [0.1, 0.15) is 5.75 Å². The Morgan fingerprint density at radius 2 is 1.85 bits per heavy atom. The van der Waals surface area contributed by atoms with E-state index in [1.165, 1.54) is 12.1 Å². The van der Waals surface area contributed by atoms with Crippen LogP contribution in [0.25, 0.3) is 28.2 Å². The molecular weight excluding hydrogens is 424 g/mol. The number of benzene rings is 3. The van der Waals surface area contributed by atoms with Gasteiger partial charge in [-0.15, -0.1) is 0 Å². The molecule has 0 saturated heterocycles. The van der Waals surface area contributed by atoms with Crippen LogP contribution in [0.5, 0.6) is 5.75 Å². The molecule has 0 fully saturated rings. The number of ketones is 1. The van der Waals surface area contributed by atoms with Gasteiger partial charge in [-0.05, 0) is 72.0 Å². The number of H-pyrrole nitrogens is 1. The van der Waals surface area contributed by atoms with E-state index >= 15 is 0 Å². The Morgan fingerprint density at radius 3 is 2.65 bits per heavy atom. The van der Waals surface area contributed by atoms with Crippen molar-refractivity contribution < 1.29 is 14.7 Å². The van der Waals surface area contributed by atoms with Gasteiger partial charge in [-0.1, -0.05) is 43.7 Å². The molecule has 1 aromatic heterocycles. The van der Waals surface area contributed by atoms with Crippen LogP contribution in [0, 0.1) is 0 Å². The normalized spacial score (nSPS) is 12.9. The van der Waals surface area contributed by atoms with Crippen molar-refractivity contribution in [3.05, 3.63) is 89.0 Å². The molecule has 3 N–H and O–H groups in total. The predicted molar refractivity (Wildman–Crippen MR) is 136 cm³/mol. The summed E-state index contributed by atoms with van der Waals surface area (Å²) >= 11 is 0. The number of aromatic hydroxyl groups is 1. The third kappa shape index (κ3) is 4.01. The third-order valence-corrected chi connectivity index (χ3v) is 6.37. The minimum atomic E-state index is -0.129. The molecule has 0 bridgehead atoms. The number of hydrogen-bond donors (Lipinski definition) is 3. The first-order valence-corrected chi connectivity index (χ1v) is 11.6. The van der Waals surface area contributed by atoms with Crippen LogP contribution < -0.4 is 5.32 Å². The number of anilines is 1. The average molecular weight is 451 g/mol. The lowest BCUT2D eigenvalue weighted by Crippen LogP contribution is -2.13. The van der Waals surface area contributed by atoms with Gasteiger partial charge in [0.2, 0.25) is 5.91 Å². The van der Waals surface area contributed by atoms with Crippen LogP contribution in [-0.4, -0.2) is 21.8 Å². The van der Waals surface area contributed by atoms with Gasteiger partial charge in [-0.3, -0.25) is 9.59 Å². The molecule has 1 aliphatic heterocycles. The number of phenols is 1. The van der Waals surface area contributed by atoms with Crippen molar-refractivity contribution in [2.24, 2.45) is 0 Å². The summed E-state index contributed by atoms with van der Waals surface area (Å²) in [6, 6.07) is 18.2. The zero-order valence-corrected chi connectivity index (χ0v) is 19.0. The number of aromatic amines is 1. The first-order valence-electron chi connectivity index (χ1n) is 11.6. The van der Waals surface area contributed by atoms with Crippen LogP contribution in [0.4, 0.5) is 5.69 Å². The molecule has 0 radical (unpaired) electrons. The van der Waals surface area contributed by atoms with Crippen molar-refractivity contribution in [3.63, 3.8) is 0 Å². The minimum Gasteiger partial charge on any atom is -0.508 e. The topological polar surface area (TPSA) is 82.2 Å². The summed E-state index contributed by atoms with van der Waals surface area (Å²) in [7, 11) is 0. The van der Waals surface area contributed by atoms with Crippen molar-refractivity contribution in [2.45, 2.75) is 32.6 Å². The smallest absolute Gasteiger partial charge is 0.228 e. The van der Waals surface area contributed by atoms with E-state index < -0.39 is 0 Å². The number of allylic oxidation sites excluding steroid dienone is 1. The van der Waals surface area contributed by atoms with E-state index in [2.05, 4.69) is 23.3 Å². The van der Waals surface area contributed by atoms with Crippen LogP contribution in [0.3, 0.4) is 0 Å². The fourth-order valence-electron chi connectivity index (χ4n) is 4.67. The second kappa shape index (κ2) is 9.02. The van der Waals surface area contributed by atoms with Crippen LogP contribution in [0.15, 0.2) is 66.7 Å². The summed E-state index contributed by atoms with van der Waals surface area (Å²) in [6.45, 7) is 2.15. The second-order valence-electron chi connectivity index (χ2n) is 8.65. The monoisotopic (exact) mass is 450 g/mol. The summed E-state index contributed by atoms with van der Waals surface area (Å²) in [6.07, 6.45) is 6.60. The molecule has 5 nitrogen and oxygen atoms in total. The highest BCUT2D eigenvalue weighted by atomic mass is 16.3. The van der Waals surface area contributed by atoms with Crippen molar-refractivity contribution >= 4 is 34.4 Å². The van der Waals surface area contributed by atoms with E-state index in [4.69, 9.17) is 0 Å². The number of amides is 1. The van der Waals surface area contributed by atoms with Crippen LogP contribution >= 0.6 is 0 Å². The maximum Gasteiger partial charge on any atom is 0.228 e. The van der Waals surface area contributed by atoms with Crippen molar-refractivity contribution in [1.29, 1.82) is 0 Å². The Balaban J connectivity index is 1.65. The van der Waals surface area contributed by atoms with Gasteiger partial charge >= 0.3 is 0 Å². The molecule has 5 heteroatoms. The number of aromatic nitrogens is 1. The zero-order valence-electron chi connectivity index (χ0n) is 19.0. The number of para-hydroxylation sites is 1. The number of rotatable bonds is 6. The highest BCUT2D eigenvalue weighted by Gasteiger charge is 2.25. The van der Waals surface area contributed by atoms with Crippen LogP contribution in [0.2, 0.25) is 0 Å². The van der Waals surface area contributed by atoms with Gasteiger partial charge < -0.3 is 15.4 Å². The highest BCUT2D eigenvalue weighted by molar-refractivity contribution is 6.08. The first kappa shape index (κ1) is 21.7. The predicted octanol–water partition coefficient (Wildman–Crippen LogP) is 6.27. The van der Waals surface area contributed by atoms with Crippen molar-refractivity contribution in [1.82, 2.24) is 4.98 Å². The highest BCUT2D eigenvalue weighted by Crippen LogP contribution is 2.41. The van der Waals surface area contributed by atoms with Crippen molar-refractivity contribution in [2.75, 3.05) is 5.32 Å². The SMILES string of the molecule is CCCCc1c(/C=C/C(=O)c2ccc(O)cc2)ccc2c1-c1[nH]c3ccccc3c1CC(=O)N2.